The van der Waals surface area contributed by atoms with Gasteiger partial charge in [-0.25, -0.2) is 4.98 Å². The maximum absolute atomic E-state index is 4.81. The van der Waals surface area contributed by atoms with Crippen molar-refractivity contribution in [3.8, 4) is 11.3 Å². The van der Waals surface area contributed by atoms with Crippen molar-refractivity contribution in [2.45, 2.75) is 6.04 Å². The fraction of sp³-hybridized carbons (Fsp3) is 0.357. The van der Waals surface area contributed by atoms with Crippen molar-refractivity contribution in [2.24, 2.45) is 0 Å². The molecule has 1 aliphatic heterocycles. The lowest BCUT2D eigenvalue weighted by Gasteiger charge is -2.31. The van der Waals surface area contributed by atoms with Crippen LogP contribution in [0.25, 0.3) is 11.3 Å². The first-order valence-corrected chi connectivity index (χ1v) is 8.03. The van der Waals surface area contributed by atoms with E-state index < -0.39 is 0 Å². The van der Waals surface area contributed by atoms with E-state index in [0.717, 1.165) is 29.8 Å². The Labute approximate surface area is 125 Å². The van der Waals surface area contributed by atoms with E-state index in [9.17, 15) is 0 Å². The number of hydrogen-bond donors (Lipinski definition) is 1. The number of piperazine rings is 1. The summed E-state index contributed by atoms with van der Waals surface area (Å²) in [6.45, 7) is 3.13. The molecule has 3 nitrogen and oxygen atoms in total. The van der Waals surface area contributed by atoms with Gasteiger partial charge in [-0.1, -0.05) is 28.1 Å². The summed E-state index contributed by atoms with van der Waals surface area (Å²) < 4.78 is 1.09. The minimum absolute atomic E-state index is 0.402. The van der Waals surface area contributed by atoms with E-state index in [-0.39, 0.29) is 0 Å². The number of benzene rings is 1. The topological polar surface area (TPSA) is 28.2 Å². The molecule has 19 heavy (non-hydrogen) atoms. The van der Waals surface area contributed by atoms with E-state index in [0.29, 0.717) is 6.04 Å². The maximum atomic E-state index is 4.81. The van der Waals surface area contributed by atoms with E-state index in [1.807, 2.05) is 12.1 Å². The smallest absolute Gasteiger partial charge is 0.112 e. The average molecular weight is 338 g/mol. The van der Waals surface area contributed by atoms with Crippen molar-refractivity contribution in [1.82, 2.24) is 15.2 Å². The molecule has 1 saturated heterocycles. The van der Waals surface area contributed by atoms with E-state index in [1.54, 1.807) is 11.3 Å². The van der Waals surface area contributed by atoms with Gasteiger partial charge in [-0.05, 0) is 19.2 Å². The normalized spacial score (nSPS) is 20.6. The van der Waals surface area contributed by atoms with E-state index in [1.165, 1.54) is 10.6 Å². The highest BCUT2D eigenvalue weighted by atomic mass is 79.9. The summed E-state index contributed by atoms with van der Waals surface area (Å²) in [5.74, 6) is 0. The second kappa shape index (κ2) is 5.71. The first-order valence-electron chi connectivity index (χ1n) is 6.36. The highest BCUT2D eigenvalue weighted by molar-refractivity contribution is 9.10. The molecule has 3 rings (SSSR count). The molecular formula is C14H16BrN3S. The van der Waals surface area contributed by atoms with Gasteiger partial charge in [0.25, 0.3) is 0 Å². The van der Waals surface area contributed by atoms with E-state index >= 15 is 0 Å². The van der Waals surface area contributed by atoms with Crippen LogP contribution in [0.1, 0.15) is 11.0 Å². The van der Waals surface area contributed by atoms with Crippen LogP contribution < -0.4 is 5.32 Å². The predicted molar refractivity (Wildman–Crippen MR) is 83.5 cm³/mol. The average Bonchev–Trinajstić information content (AvgIpc) is 2.89. The van der Waals surface area contributed by atoms with Gasteiger partial charge < -0.3 is 5.32 Å². The molecule has 100 valence electrons. The van der Waals surface area contributed by atoms with Gasteiger partial charge >= 0.3 is 0 Å². The number of thiazole rings is 1. The van der Waals surface area contributed by atoms with Crippen LogP contribution in [0.5, 0.6) is 0 Å². The molecule has 0 amide bonds. The molecule has 1 N–H and O–H groups in total. The van der Waals surface area contributed by atoms with Gasteiger partial charge in [-0.15, -0.1) is 11.3 Å². The second-order valence-electron chi connectivity index (χ2n) is 4.78. The molecule has 0 spiro atoms. The van der Waals surface area contributed by atoms with Crippen molar-refractivity contribution in [1.29, 1.82) is 0 Å². The lowest BCUT2D eigenvalue weighted by atomic mass is 10.2. The number of halogens is 1. The Kier molecular flexibility index (Phi) is 3.98. The van der Waals surface area contributed by atoms with Crippen molar-refractivity contribution >= 4 is 27.3 Å². The van der Waals surface area contributed by atoms with Crippen LogP contribution in [0.15, 0.2) is 34.1 Å². The summed E-state index contributed by atoms with van der Waals surface area (Å²) in [4.78, 5) is 7.19. The Morgan fingerprint density at radius 1 is 1.47 bits per heavy atom. The van der Waals surface area contributed by atoms with Gasteiger partial charge in [-0.2, -0.15) is 0 Å². The highest BCUT2D eigenvalue weighted by Gasteiger charge is 2.23. The summed E-state index contributed by atoms with van der Waals surface area (Å²) in [6, 6.07) is 8.70. The fourth-order valence-electron chi connectivity index (χ4n) is 2.30. The lowest BCUT2D eigenvalue weighted by Crippen LogP contribution is -2.43. The second-order valence-corrected chi connectivity index (χ2v) is 6.59. The summed E-state index contributed by atoms with van der Waals surface area (Å²) in [5.41, 5.74) is 2.24. The maximum Gasteiger partial charge on any atom is 0.112 e. The Balaban J connectivity index is 1.86. The van der Waals surface area contributed by atoms with E-state index in [2.05, 4.69) is 50.7 Å². The third-order valence-electron chi connectivity index (χ3n) is 3.44. The monoisotopic (exact) mass is 337 g/mol. The third kappa shape index (κ3) is 2.89. The standard InChI is InChI=1S/C14H16BrN3S/c1-18-6-5-16-8-13(18)14-17-12(9-19-14)10-3-2-4-11(15)7-10/h2-4,7,9,13,16H,5-6,8H2,1H3. The molecule has 0 saturated carbocycles. The number of nitrogens with zero attached hydrogens (tertiary/aromatic N) is 2. The molecule has 2 aromatic rings. The Hall–Kier alpha value is -0.750. The van der Waals surface area contributed by atoms with Crippen LogP contribution in [0.4, 0.5) is 0 Å². The van der Waals surface area contributed by atoms with Crippen LogP contribution in [0.2, 0.25) is 0 Å². The van der Waals surface area contributed by atoms with Gasteiger partial charge in [0.1, 0.15) is 5.01 Å². The van der Waals surface area contributed by atoms with Gasteiger partial charge in [0.2, 0.25) is 0 Å². The zero-order valence-corrected chi connectivity index (χ0v) is 13.2. The largest absolute Gasteiger partial charge is 0.313 e. The number of aromatic nitrogens is 1. The van der Waals surface area contributed by atoms with Crippen LogP contribution in [0, 0.1) is 0 Å². The van der Waals surface area contributed by atoms with Crippen LogP contribution in [-0.2, 0) is 0 Å². The third-order valence-corrected chi connectivity index (χ3v) is 4.88. The Morgan fingerprint density at radius 3 is 3.16 bits per heavy atom. The van der Waals surface area contributed by atoms with Crippen molar-refractivity contribution in [2.75, 3.05) is 26.7 Å². The summed E-state index contributed by atoms with van der Waals surface area (Å²) in [5, 5.41) is 6.79. The van der Waals surface area contributed by atoms with Gasteiger partial charge in [-0.3, -0.25) is 4.90 Å². The lowest BCUT2D eigenvalue weighted by molar-refractivity contribution is 0.202. The molecule has 2 heterocycles. The van der Waals surface area contributed by atoms with E-state index in [4.69, 9.17) is 4.98 Å². The molecule has 0 radical (unpaired) electrons. The minimum atomic E-state index is 0.402. The summed E-state index contributed by atoms with van der Waals surface area (Å²) in [6.07, 6.45) is 0. The predicted octanol–water partition coefficient (Wildman–Crippen LogP) is 3.15. The number of hydrogen-bond acceptors (Lipinski definition) is 4. The molecular weight excluding hydrogens is 322 g/mol. The summed E-state index contributed by atoms with van der Waals surface area (Å²) >= 11 is 5.26. The highest BCUT2D eigenvalue weighted by Crippen LogP contribution is 2.29. The Morgan fingerprint density at radius 2 is 2.37 bits per heavy atom. The number of rotatable bonds is 2. The molecule has 1 aliphatic rings. The zero-order chi connectivity index (χ0) is 13.2. The van der Waals surface area contributed by atoms with Gasteiger partial charge in [0, 0.05) is 35.1 Å². The minimum Gasteiger partial charge on any atom is -0.313 e. The first-order chi connectivity index (χ1) is 9.24. The van der Waals surface area contributed by atoms with Crippen molar-refractivity contribution < 1.29 is 0 Å². The first kappa shape index (κ1) is 13.2. The van der Waals surface area contributed by atoms with Crippen LogP contribution in [-0.4, -0.2) is 36.6 Å². The quantitative estimate of drug-likeness (QED) is 0.912. The molecule has 1 atom stereocenters. The SMILES string of the molecule is CN1CCNCC1c1nc(-c2cccc(Br)c2)cs1. The molecule has 1 fully saturated rings. The number of nitrogens with one attached hydrogen (secondary N) is 1. The molecule has 0 bridgehead atoms. The van der Waals surface area contributed by atoms with Gasteiger partial charge in [0.15, 0.2) is 0 Å². The molecule has 1 unspecified atom stereocenters. The Bertz CT molecular complexity index is 569. The van der Waals surface area contributed by atoms with Crippen LogP contribution >= 0.6 is 27.3 Å². The van der Waals surface area contributed by atoms with Crippen molar-refractivity contribution in [3.63, 3.8) is 0 Å². The number of likely N-dealkylation sites (N-methyl/N-ethyl adjacent to an activating group) is 1. The van der Waals surface area contributed by atoms with Crippen molar-refractivity contribution in [3.05, 3.63) is 39.1 Å². The fourth-order valence-corrected chi connectivity index (χ4v) is 3.69. The summed E-state index contributed by atoms with van der Waals surface area (Å²) in [7, 11) is 2.17. The molecule has 1 aromatic carbocycles. The van der Waals surface area contributed by atoms with Crippen LogP contribution in [0.3, 0.4) is 0 Å². The van der Waals surface area contributed by atoms with Gasteiger partial charge in [0.05, 0.1) is 11.7 Å². The molecule has 0 aliphatic carbocycles. The molecule has 5 heteroatoms. The molecule has 1 aromatic heterocycles. The zero-order valence-electron chi connectivity index (χ0n) is 10.8.